The third-order valence-corrected chi connectivity index (χ3v) is 6.69. The number of hydrogen-bond donors (Lipinski definition) is 1. The number of ether oxygens (including phenoxy) is 3. The molecule has 2 aromatic carbocycles. The van der Waals surface area contributed by atoms with Gasteiger partial charge in [-0.3, -0.25) is 14.4 Å². The molecule has 0 spiro atoms. The highest BCUT2D eigenvalue weighted by Crippen LogP contribution is 2.30. The molecule has 3 heterocycles. The van der Waals surface area contributed by atoms with E-state index in [0.717, 1.165) is 24.2 Å². The van der Waals surface area contributed by atoms with E-state index in [1.807, 2.05) is 0 Å². The second-order valence-corrected chi connectivity index (χ2v) is 11.2. The van der Waals surface area contributed by atoms with E-state index in [-0.39, 0.29) is 34.7 Å². The van der Waals surface area contributed by atoms with Crippen LogP contribution in [-0.2, 0) is 9.53 Å². The maximum atomic E-state index is 13.2. The summed E-state index contributed by atoms with van der Waals surface area (Å²) in [5.41, 5.74) is 0.0370. The van der Waals surface area contributed by atoms with Crippen LogP contribution in [0.4, 0.5) is 10.6 Å². The molecular weight excluding hydrogens is 542 g/mol. The lowest BCUT2D eigenvalue weighted by atomic mass is 10.1. The second-order valence-electron chi connectivity index (χ2n) is 11.2. The summed E-state index contributed by atoms with van der Waals surface area (Å²) >= 11 is 0. The number of hydrogen-bond acceptors (Lipinski definition) is 8. The fourth-order valence-electron chi connectivity index (χ4n) is 4.39. The van der Waals surface area contributed by atoms with Gasteiger partial charge in [-0.25, -0.2) is 4.79 Å². The molecule has 12 nitrogen and oxygen atoms in total. The van der Waals surface area contributed by atoms with Crippen LogP contribution in [0.2, 0.25) is 0 Å². The first-order valence-electron chi connectivity index (χ1n) is 13.7. The number of benzene rings is 2. The van der Waals surface area contributed by atoms with Crippen molar-refractivity contribution in [1.82, 2.24) is 19.6 Å². The zero-order valence-electron chi connectivity index (χ0n) is 24.0. The average molecular weight is 576 g/mol. The Balaban J connectivity index is 1.35. The van der Waals surface area contributed by atoms with Crippen LogP contribution in [0.25, 0.3) is 0 Å². The highest BCUT2D eigenvalue weighted by Gasteiger charge is 2.31. The zero-order valence-corrected chi connectivity index (χ0v) is 24.0. The van der Waals surface area contributed by atoms with Gasteiger partial charge in [0.25, 0.3) is 17.7 Å². The van der Waals surface area contributed by atoms with Gasteiger partial charge in [-0.05, 0) is 63.6 Å². The van der Waals surface area contributed by atoms with Crippen molar-refractivity contribution in [2.75, 3.05) is 32.0 Å². The number of likely N-dealkylation sites (N-methyl/N-ethyl adjacent to an activating group) is 1. The predicted octanol–water partition coefficient (Wildman–Crippen LogP) is 4.17. The van der Waals surface area contributed by atoms with Crippen molar-refractivity contribution in [3.63, 3.8) is 0 Å². The van der Waals surface area contributed by atoms with E-state index in [2.05, 4.69) is 10.4 Å². The number of aromatic nitrogens is 2. The molecular formula is C30H33N5O7. The smallest absolute Gasteiger partial charge is 0.435 e. The molecule has 0 bridgehead atoms. The third kappa shape index (κ3) is 6.70. The monoisotopic (exact) mass is 575 g/mol. The van der Waals surface area contributed by atoms with Gasteiger partial charge in [-0.1, -0.05) is 0 Å². The van der Waals surface area contributed by atoms with Gasteiger partial charge in [0, 0.05) is 62.6 Å². The van der Waals surface area contributed by atoms with E-state index in [1.54, 1.807) is 68.0 Å². The van der Waals surface area contributed by atoms with E-state index in [0.29, 0.717) is 24.3 Å². The Hall–Kier alpha value is -4.87. The van der Waals surface area contributed by atoms with Gasteiger partial charge < -0.3 is 29.3 Å². The Morgan fingerprint density at radius 3 is 2.26 bits per heavy atom. The molecule has 220 valence electrons. The molecule has 0 saturated carbocycles. The Bertz CT molecular complexity index is 1500. The van der Waals surface area contributed by atoms with Crippen molar-refractivity contribution < 1.29 is 33.4 Å². The molecule has 0 aliphatic carbocycles. The van der Waals surface area contributed by atoms with Crippen LogP contribution in [0.3, 0.4) is 0 Å². The van der Waals surface area contributed by atoms with Crippen molar-refractivity contribution in [3.8, 4) is 17.2 Å². The lowest BCUT2D eigenvalue weighted by Gasteiger charge is -2.30. The Labute approximate surface area is 243 Å². The van der Waals surface area contributed by atoms with Crippen molar-refractivity contribution in [2.45, 2.75) is 45.3 Å². The normalized spacial score (nSPS) is 16.6. The Morgan fingerprint density at radius 1 is 0.929 bits per heavy atom. The van der Waals surface area contributed by atoms with Crippen molar-refractivity contribution in [1.29, 1.82) is 0 Å². The van der Waals surface area contributed by atoms with E-state index in [9.17, 15) is 19.2 Å². The predicted molar refractivity (Wildman–Crippen MR) is 152 cm³/mol. The summed E-state index contributed by atoms with van der Waals surface area (Å²) < 4.78 is 18.3. The average Bonchev–Trinajstić information content (AvgIpc) is 3.49. The second kappa shape index (κ2) is 11.6. The molecule has 2 fully saturated rings. The van der Waals surface area contributed by atoms with Gasteiger partial charge in [-0.2, -0.15) is 4.68 Å². The summed E-state index contributed by atoms with van der Waals surface area (Å²) in [6, 6.07) is 12.8. The van der Waals surface area contributed by atoms with Crippen LogP contribution >= 0.6 is 0 Å². The van der Waals surface area contributed by atoms with E-state index >= 15 is 0 Å². The number of carbonyl (C=O) groups is 4. The Kier molecular flexibility index (Phi) is 7.88. The molecule has 2 aliphatic rings. The van der Waals surface area contributed by atoms with Crippen LogP contribution in [0.5, 0.6) is 17.2 Å². The van der Waals surface area contributed by atoms with Gasteiger partial charge in [0.2, 0.25) is 0 Å². The van der Waals surface area contributed by atoms with E-state index in [4.69, 9.17) is 14.2 Å². The first kappa shape index (κ1) is 28.7. The fraction of sp³-hybridized carbons (Fsp3) is 0.367. The van der Waals surface area contributed by atoms with Crippen LogP contribution in [0, 0.1) is 0 Å². The standard InChI is InChI=1S/C30H33N5O7/c1-30(2,3)42-29(39)35-15-11-25(32-35)31-26(36)20-16-22(18-23(17-20)41-24-10-14-33(4)28(24)38)40-21-8-6-19(7-9-21)27(37)34-12-5-13-34/h6-9,11,15-18,24H,5,10,12-14H2,1-4H3,(H,31,32,36). The molecule has 1 N–H and O–H groups in total. The molecule has 5 rings (SSSR count). The molecule has 2 saturated heterocycles. The minimum absolute atomic E-state index is 0.0255. The van der Waals surface area contributed by atoms with Crippen LogP contribution in [-0.4, -0.2) is 81.8 Å². The van der Waals surface area contributed by atoms with Crippen molar-refractivity contribution in [2.24, 2.45) is 0 Å². The number of rotatable bonds is 7. The molecule has 1 unspecified atom stereocenters. The molecule has 1 aromatic heterocycles. The number of nitrogens with one attached hydrogen (secondary N) is 1. The number of likely N-dealkylation sites (tertiary alicyclic amines) is 2. The SMILES string of the molecule is CN1CCC(Oc2cc(Oc3ccc(C(=O)N4CCC4)cc3)cc(C(=O)Nc3ccn(C(=O)OC(C)(C)C)n3)c2)C1=O. The van der Waals surface area contributed by atoms with Crippen LogP contribution in [0.1, 0.15) is 54.3 Å². The summed E-state index contributed by atoms with van der Waals surface area (Å²) in [7, 11) is 1.71. The largest absolute Gasteiger partial charge is 0.480 e. The van der Waals surface area contributed by atoms with Crippen LogP contribution < -0.4 is 14.8 Å². The highest BCUT2D eigenvalue weighted by atomic mass is 16.6. The van der Waals surface area contributed by atoms with Gasteiger partial charge in [0.05, 0.1) is 0 Å². The van der Waals surface area contributed by atoms with Gasteiger partial charge in [0.15, 0.2) is 11.9 Å². The third-order valence-electron chi connectivity index (χ3n) is 6.69. The lowest BCUT2D eigenvalue weighted by molar-refractivity contribution is -0.132. The lowest BCUT2D eigenvalue weighted by Crippen LogP contribution is -2.41. The summed E-state index contributed by atoms with van der Waals surface area (Å²) in [6.45, 7) is 7.30. The summed E-state index contributed by atoms with van der Waals surface area (Å²) in [5.74, 6) is 0.434. The molecule has 2 aliphatic heterocycles. The number of carbonyl (C=O) groups excluding carboxylic acids is 4. The van der Waals surface area contributed by atoms with Gasteiger partial charge in [-0.15, -0.1) is 5.10 Å². The zero-order chi connectivity index (χ0) is 30.0. The molecule has 3 aromatic rings. The molecule has 12 heteroatoms. The molecule has 0 radical (unpaired) electrons. The highest BCUT2D eigenvalue weighted by molar-refractivity contribution is 6.04. The molecule has 42 heavy (non-hydrogen) atoms. The number of anilines is 1. The van der Waals surface area contributed by atoms with E-state index in [1.165, 1.54) is 24.4 Å². The maximum absolute atomic E-state index is 13.2. The first-order valence-corrected chi connectivity index (χ1v) is 13.7. The number of nitrogens with zero attached hydrogens (tertiary/aromatic N) is 4. The van der Waals surface area contributed by atoms with Gasteiger partial charge in [0.1, 0.15) is 22.8 Å². The first-order chi connectivity index (χ1) is 19.9. The molecule has 1 atom stereocenters. The summed E-state index contributed by atoms with van der Waals surface area (Å²) in [5, 5.41) is 6.74. The van der Waals surface area contributed by atoms with Gasteiger partial charge >= 0.3 is 6.09 Å². The number of amides is 3. The minimum atomic E-state index is -0.705. The minimum Gasteiger partial charge on any atom is -0.480 e. The fourth-order valence-corrected chi connectivity index (χ4v) is 4.39. The van der Waals surface area contributed by atoms with Crippen LogP contribution in [0.15, 0.2) is 54.7 Å². The van der Waals surface area contributed by atoms with Crippen molar-refractivity contribution in [3.05, 3.63) is 65.9 Å². The summed E-state index contributed by atoms with van der Waals surface area (Å²) in [4.78, 5) is 53.9. The maximum Gasteiger partial charge on any atom is 0.435 e. The van der Waals surface area contributed by atoms with Crippen molar-refractivity contribution >= 4 is 29.6 Å². The van der Waals surface area contributed by atoms with E-state index < -0.39 is 23.7 Å². The Morgan fingerprint density at radius 2 is 1.64 bits per heavy atom. The topological polar surface area (TPSA) is 132 Å². The quantitative estimate of drug-likeness (QED) is 0.444. The summed E-state index contributed by atoms with van der Waals surface area (Å²) in [6.07, 6.45) is 1.54. The molecule has 3 amide bonds.